The zero-order chi connectivity index (χ0) is 12.1. The Kier molecular flexibility index (Phi) is 5.26. The van der Waals surface area contributed by atoms with Crippen molar-refractivity contribution in [3.63, 3.8) is 0 Å². The second-order valence-electron chi connectivity index (χ2n) is 5.85. The van der Waals surface area contributed by atoms with E-state index in [9.17, 15) is 5.11 Å². The topological polar surface area (TPSA) is 41.5 Å². The van der Waals surface area contributed by atoms with Gasteiger partial charge in [-0.2, -0.15) is 0 Å². The molecule has 2 rings (SSSR count). The first-order chi connectivity index (χ1) is 8.29. The Labute approximate surface area is 105 Å². The van der Waals surface area contributed by atoms with E-state index in [1.54, 1.807) is 0 Å². The van der Waals surface area contributed by atoms with E-state index < -0.39 is 0 Å². The molecule has 2 fully saturated rings. The summed E-state index contributed by atoms with van der Waals surface area (Å²) in [5.74, 6) is 1.54. The summed E-state index contributed by atoms with van der Waals surface area (Å²) in [7, 11) is 0. The lowest BCUT2D eigenvalue weighted by Crippen LogP contribution is -2.43. The Balaban J connectivity index is 1.71. The fourth-order valence-corrected chi connectivity index (χ4v) is 3.16. The van der Waals surface area contributed by atoms with Gasteiger partial charge in [0.1, 0.15) is 0 Å². The zero-order valence-electron chi connectivity index (χ0n) is 11.0. The van der Waals surface area contributed by atoms with Gasteiger partial charge in [-0.3, -0.25) is 0 Å². The second-order valence-corrected chi connectivity index (χ2v) is 5.85. The molecule has 0 amide bonds. The van der Waals surface area contributed by atoms with Gasteiger partial charge in [0, 0.05) is 19.2 Å². The van der Waals surface area contributed by atoms with Crippen molar-refractivity contribution in [2.75, 3.05) is 19.8 Å². The van der Waals surface area contributed by atoms with Crippen molar-refractivity contribution in [2.45, 2.75) is 57.6 Å². The maximum atomic E-state index is 9.51. The highest BCUT2D eigenvalue weighted by atomic mass is 16.5. The Morgan fingerprint density at radius 1 is 1.24 bits per heavy atom. The molecule has 2 aliphatic rings. The van der Waals surface area contributed by atoms with Crippen molar-refractivity contribution >= 4 is 0 Å². The van der Waals surface area contributed by atoms with E-state index in [4.69, 9.17) is 4.74 Å². The molecule has 2 unspecified atom stereocenters. The molecule has 1 heterocycles. The Morgan fingerprint density at radius 2 is 2.00 bits per heavy atom. The summed E-state index contributed by atoms with van der Waals surface area (Å²) in [4.78, 5) is 0. The van der Waals surface area contributed by atoms with E-state index in [2.05, 4.69) is 12.2 Å². The van der Waals surface area contributed by atoms with Crippen LogP contribution >= 0.6 is 0 Å². The van der Waals surface area contributed by atoms with Crippen molar-refractivity contribution in [1.29, 1.82) is 0 Å². The number of nitrogens with one attached hydrogen (secondary N) is 1. The molecule has 0 aromatic rings. The maximum Gasteiger partial charge on any atom is 0.0700 e. The summed E-state index contributed by atoms with van der Waals surface area (Å²) in [5.41, 5.74) is 0. The van der Waals surface area contributed by atoms with Crippen LogP contribution in [0.1, 0.15) is 45.4 Å². The second kappa shape index (κ2) is 6.72. The highest BCUT2D eigenvalue weighted by Gasteiger charge is 2.26. The maximum absolute atomic E-state index is 9.51. The fourth-order valence-electron chi connectivity index (χ4n) is 3.16. The predicted molar refractivity (Wildman–Crippen MR) is 69.0 cm³/mol. The quantitative estimate of drug-likeness (QED) is 0.773. The number of rotatable bonds is 5. The van der Waals surface area contributed by atoms with E-state index in [0.29, 0.717) is 12.0 Å². The molecular formula is C14H27NO2. The smallest absolute Gasteiger partial charge is 0.0700 e. The predicted octanol–water partition coefficient (Wildman–Crippen LogP) is 1.94. The van der Waals surface area contributed by atoms with Crippen molar-refractivity contribution in [1.82, 2.24) is 5.32 Å². The summed E-state index contributed by atoms with van der Waals surface area (Å²) < 4.78 is 5.61. The van der Waals surface area contributed by atoms with Crippen LogP contribution in [0.5, 0.6) is 0 Å². The Hall–Kier alpha value is -0.120. The van der Waals surface area contributed by atoms with Gasteiger partial charge < -0.3 is 15.2 Å². The van der Waals surface area contributed by atoms with E-state index in [1.807, 2.05) is 0 Å². The minimum Gasteiger partial charge on any atom is -0.395 e. The van der Waals surface area contributed by atoms with Gasteiger partial charge in [0.15, 0.2) is 0 Å². The number of aliphatic hydroxyl groups excluding tert-OH is 1. The largest absolute Gasteiger partial charge is 0.395 e. The molecule has 1 aliphatic heterocycles. The first-order valence-corrected chi connectivity index (χ1v) is 7.25. The summed E-state index contributed by atoms with van der Waals surface area (Å²) in [6, 6.07) is 0.284. The van der Waals surface area contributed by atoms with Gasteiger partial charge in [-0.15, -0.1) is 0 Å². The van der Waals surface area contributed by atoms with Gasteiger partial charge in [0.05, 0.1) is 12.7 Å². The van der Waals surface area contributed by atoms with Crippen molar-refractivity contribution in [3.05, 3.63) is 0 Å². The van der Waals surface area contributed by atoms with Crippen molar-refractivity contribution < 1.29 is 9.84 Å². The molecule has 0 aromatic carbocycles. The number of hydrogen-bond acceptors (Lipinski definition) is 3. The lowest BCUT2D eigenvalue weighted by molar-refractivity contribution is 0.0930. The van der Waals surface area contributed by atoms with Gasteiger partial charge in [-0.25, -0.2) is 0 Å². The minimum absolute atomic E-state index is 0.270. The molecule has 0 aromatic heterocycles. The first kappa shape index (κ1) is 13.3. The van der Waals surface area contributed by atoms with Gasteiger partial charge in [-0.05, 0) is 37.5 Å². The molecule has 1 saturated carbocycles. The van der Waals surface area contributed by atoms with Crippen LogP contribution < -0.4 is 5.32 Å². The fraction of sp³-hybridized carbons (Fsp3) is 1.00. The van der Waals surface area contributed by atoms with Crippen LogP contribution in [0.25, 0.3) is 0 Å². The molecule has 2 atom stereocenters. The first-order valence-electron chi connectivity index (χ1n) is 7.25. The van der Waals surface area contributed by atoms with Crippen molar-refractivity contribution in [3.8, 4) is 0 Å². The van der Waals surface area contributed by atoms with Gasteiger partial charge in [-0.1, -0.05) is 19.8 Å². The number of aliphatic hydroxyl groups is 1. The molecule has 0 bridgehead atoms. The van der Waals surface area contributed by atoms with E-state index in [0.717, 1.165) is 19.1 Å². The van der Waals surface area contributed by atoms with Gasteiger partial charge in [0.2, 0.25) is 0 Å². The van der Waals surface area contributed by atoms with Crippen LogP contribution in [-0.2, 0) is 4.74 Å². The average Bonchev–Trinajstić information content (AvgIpc) is 2.85. The SMILES string of the molecule is CC1CCC(C(CO)NCC2CCCO2)CC1. The lowest BCUT2D eigenvalue weighted by atomic mass is 9.79. The van der Waals surface area contributed by atoms with Crippen molar-refractivity contribution in [2.24, 2.45) is 11.8 Å². The normalized spacial score (nSPS) is 36.0. The summed E-state index contributed by atoms with van der Waals surface area (Å²) in [6.45, 7) is 4.43. The van der Waals surface area contributed by atoms with E-state index in [-0.39, 0.29) is 12.6 Å². The highest BCUT2D eigenvalue weighted by Crippen LogP contribution is 2.30. The third kappa shape index (κ3) is 3.94. The van der Waals surface area contributed by atoms with E-state index >= 15 is 0 Å². The monoisotopic (exact) mass is 241 g/mol. The van der Waals surface area contributed by atoms with Crippen LogP contribution in [0.15, 0.2) is 0 Å². The summed E-state index contributed by atoms with van der Waals surface area (Å²) in [6.07, 6.45) is 7.93. The minimum atomic E-state index is 0.270. The van der Waals surface area contributed by atoms with Crippen LogP contribution in [0.4, 0.5) is 0 Å². The highest BCUT2D eigenvalue weighted by molar-refractivity contribution is 4.82. The summed E-state index contributed by atoms with van der Waals surface area (Å²) in [5, 5.41) is 13.0. The molecule has 3 heteroatoms. The third-order valence-corrected chi connectivity index (χ3v) is 4.46. The molecule has 1 aliphatic carbocycles. The van der Waals surface area contributed by atoms with E-state index in [1.165, 1.54) is 38.5 Å². The van der Waals surface area contributed by atoms with Crippen LogP contribution in [-0.4, -0.2) is 37.0 Å². The molecule has 0 radical (unpaired) electrons. The number of hydrogen-bond donors (Lipinski definition) is 2. The van der Waals surface area contributed by atoms with Gasteiger partial charge >= 0.3 is 0 Å². The summed E-state index contributed by atoms with van der Waals surface area (Å²) >= 11 is 0. The molecule has 0 spiro atoms. The number of ether oxygens (including phenoxy) is 1. The van der Waals surface area contributed by atoms with Crippen LogP contribution in [0.3, 0.4) is 0 Å². The average molecular weight is 241 g/mol. The Bertz CT molecular complexity index is 208. The van der Waals surface area contributed by atoms with Crippen LogP contribution in [0.2, 0.25) is 0 Å². The molecule has 2 N–H and O–H groups in total. The molecular weight excluding hydrogens is 214 g/mol. The van der Waals surface area contributed by atoms with Gasteiger partial charge in [0.25, 0.3) is 0 Å². The standard InChI is InChI=1S/C14H27NO2/c1-11-4-6-12(7-5-11)14(10-16)15-9-13-3-2-8-17-13/h11-16H,2-10H2,1H3. The Morgan fingerprint density at radius 3 is 2.59 bits per heavy atom. The molecule has 1 saturated heterocycles. The van der Waals surface area contributed by atoms with Crippen LogP contribution in [0, 0.1) is 11.8 Å². The third-order valence-electron chi connectivity index (χ3n) is 4.46. The molecule has 17 heavy (non-hydrogen) atoms. The zero-order valence-corrected chi connectivity index (χ0v) is 11.0. The molecule has 100 valence electrons. The lowest BCUT2D eigenvalue weighted by Gasteiger charge is -2.32. The molecule has 3 nitrogen and oxygen atoms in total.